The molecule has 8 nitrogen and oxygen atoms in total. The second-order valence-electron chi connectivity index (χ2n) is 6.27. The van der Waals surface area contributed by atoms with Crippen LogP contribution < -0.4 is 0 Å². The van der Waals surface area contributed by atoms with Crippen LogP contribution in [0.2, 0.25) is 0 Å². The molecule has 1 aliphatic heterocycles. The van der Waals surface area contributed by atoms with Gasteiger partial charge in [0.2, 0.25) is 0 Å². The molecule has 26 heavy (non-hydrogen) atoms. The Morgan fingerprint density at radius 2 is 1.92 bits per heavy atom. The summed E-state index contributed by atoms with van der Waals surface area (Å²) >= 11 is 0. The lowest BCUT2D eigenvalue weighted by Gasteiger charge is -2.35. The van der Waals surface area contributed by atoms with Crippen LogP contribution >= 0.6 is 0 Å². The van der Waals surface area contributed by atoms with E-state index in [0.717, 1.165) is 30.5 Å². The molecule has 0 aliphatic carbocycles. The Bertz CT molecular complexity index is 606. The highest BCUT2D eigenvalue weighted by molar-refractivity contribution is 5.98. The van der Waals surface area contributed by atoms with Crippen LogP contribution in [0.15, 0.2) is 29.4 Å². The maximum absolute atomic E-state index is 10.6. The Morgan fingerprint density at radius 1 is 1.27 bits per heavy atom. The molecule has 2 N–H and O–H groups in total. The van der Waals surface area contributed by atoms with Crippen LogP contribution in [0.25, 0.3) is 0 Å². The molecular formula is C18H25NO7. The fraction of sp³-hybridized carbons (Fsp3) is 0.556. The molecule has 0 amide bonds. The summed E-state index contributed by atoms with van der Waals surface area (Å²) in [6, 6.07) is 6.77. The standard InChI is InChI=1S/C18H25NO7/c1-13(15-6-8-16(20)9-7-15)19-25-10-4-3-5-14-11-23-18(2,24-12-14)26-17(21)22/h6-9,14,20H,3-5,10-12H2,1-2H3,(H,21,22). The molecule has 1 aliphatic rings. The molecule has 2 rings (SSSR count). The van der Waals surface area contributed by atoms with E-state index in [1.54, 1.807) is 24.3 Å². The first-order valence-electron chi connectivity index (χ1n) is 8.54. The van der Waals surface area contributed by atoms with Gasteiger partial charge in [-0.05, 0) is 56.0 Å². The van der Waals surface area contributed by atoms with Gasteiger partial charge in [-0.3, -0.25) is 0 Å². The Kier molecular flexibility index (Phi) is 7.23. The number of carbonyl (C=O) groups is 1. The van der Waals surface area contributed by atoms with Crippen molar-refractivity contribution in [1.82, 2.24) is 0 Å². The first-order chi connectivity index (χ1) is 12.4. The average molecular weight is 367 g/mol. The van der Waals surface area contributed by atoms with E-state index in [1.807, 2.05) is 6.92 Å². The highest BCUT2D eigenvalue weighted by Crippen LogP contribution is 2.25. The number of hydrogen-bond donors (Lipinski definition) is 2. The zero-order chi connectivity index (χ0) is 19.0. The Labute approximate surface area is 152 Å². The molecule has 0 saturated carbocycles. The molecule has 0 aromatic heterocycles. The van der Waals surface area contributed by atoms with E-state index in [2.05, 4.69) is 9.89 Å². The van der Waals surface area contributed by atoms with E-state index in [1.165, 1.54) is 6.92 Å². The number of benzene rings is 1. The van der Waals surface area contributed by atoms with Gasteiger partial charge < -0.3 is 29.3 Å². The van der Waals surface area contributed by atoms with E-state index < -0.39 is 12.1 Å². The third kappa shape index (κ3) is 6.53. The minimum atomic E-state index is -1.51. The number of nitrogens with zero attached hydrogens (tertiary/aromatic N) is 1. The quantitative estimate of drug-likeness (QED) is 0.314. The Balaban J connectivity index is 1.59. The minimum Gasteiger partial charge on any atom is -0.508 e. The van der Waals surface area contributed by atoms with Gasteiger partial charge in [0.1, 0.15) is 12.4 Å². The van der Waals surface area contributed by atoms with Gasteiger partial charge in [-0.25, -0.2) is 4.79 Å². The van der Waals surface area contributed by atoms with Crippen molar-refractivity contribution >= 4 is 11.9 Å². The predicted octanol–water partition coefficient (Wildman–Crippen LogP) is 3.33. The van der Waals surface area contributed by atoms with Gasteiger partial charge in [-0.1, -0.05) is 5.16 Å². The summed E-state index contributed by atoms with van der Waals surface area (Å²) in [5, 5.41) is 22.0. The highest BCUT2D eigenvalue weighted by atomic mass is 16.9. The van der Waals surface area contributed by atoms with Crippen LogP contribution in [0.5, 0.6) is 5.75 Å². The van der Waals surface area contributed by atoms with Crippen molar-refractivity contribution in [3.05, 3.63) is 29.8 Å². The molecule has 0 radical (unpaired) electrons. The van der Waals surface area contributed by atoms with Gasteiger partial charge in [0.25, 0.3) is 0 Å². The van der Waals surface area contributed by atoms with Gasteiger partial charge in [0.15, 0.2) is 0 Å². The van der Waals surface area contributed by atoms with Gasteiger partial charge in [-0.15, -0.1) is 0 Å². The molecule has 0 atom stereocenters. The fourth-order valence-electron chi connectivity index (χ4n) is 2.51. The van der Waals surface area contributed by atoms with Crippen molar-refractivity contribution < 1.29 is 34.1 Å². The molecular weight excluding hydrogens is 342 g/mol. The molecule has 1 saturated heterocycles. The van der Waals surface area contributed by atoms with Crippen molar-refractivity contribution in [3.8, 4) is 5.75 Å². The molecule has 1 heterocycles. The lowest BCUT2D eigenvalue weighted by Crippen LogP contribution is -2.45. The first kappa shape index (κ1) is 20.0. The molecule has 144 valence electrons. The predicted molar refractivity (Wildman–Crippen MR) is 93.0 cm³/mol. The van der Waals surface area contributed by atoms with Crippen LogP contribution in [0.4, 0.5) is 4.79 Å². The van der Waals surface area contributed by atoms with E-state index >= 15 is 0 Å². The van der Waals surface area contributed by atoms with E-state index in [0.29, 0.717) is 19.8 Å². The van der Waals surface area contributed by atoms with Gasteiger partial charge in [0.05, 0.1) is 18.9 Å². The second-order valence-corrected chi connectivity index (χ2v) is 6.27. The number of hydrogen-bond acceptors (Lipinski definition) is 7. The highest BCUT2D eigenvalue weighted by Gasteiger charge is 2.36. The third-order valence-corrected chi connectivity index (χ3v) is 4.02. The zero-order valence-corrected chi connectivity index (χ0v) is 15.0. The summed E-state index contributed by atoms with van der Waals surface area (Å²) in [6.45, 7) is 4.58. The molecule has 0 unspecified atom stereocenters. The zero-order valence-electron chi connectivity index (χ0n) is 15.0. The number of aromatic hydroxyl groups is 1. The number of oxime groups is 1. The Morgan fingerprint density at radius 3 is 2.54 bits per heavy atom. The number of rotatable bonds is 8. The molecule has 1 aromatic carbocycles. The number of ether oxygens (including phenoxy) is 3. The molecule has 1 fully saturated rings. The van der Waals surface area contributed by atoms with Gasteiger partial charge in [0, 0.05) is 12.8 Å². The minimum absolute atomic E-state index is 0.197. The second kappa shape index (κ2) is 9.40. The maximum atomic E-state index is 10.6. The third-order valence-electron chi connectivity index (χ3n) is 4.02. The molecule has 8 heteroatoms. The smallest absolute Gasteiger partial charge is 0.508 e. The maximum Gasteiger partial charge on any atom is 0.510 e. The number of phenols is 1. The Hall–Kier alpha value is -2.32. The van der Waals surface area contributed by atoms with Crippen LogP contribution in [0.3, 0.4) is 0 Å². The summed E-state index contributed by atoms with van der Waals surface area (Å²) in [5.41, 5.74) is 1.64. The summed E-state index contributed by atoms with van der Waals surface area (Å²) in [6.07, 6.45) is 1.21. The van der Waals surface area contributed by atoms with Gasteiger partial charge >= 0.3 is 12.1 Å². The van der Waals surface area contributed by atoms with E-state index in [-0.39, 0.29) is 11.7 Å². The lowest BCUT2D eigenvalue weighted by molar-refractivity contribution is -0.379. The SMILES string of the molecule is CC(=NOCCCCC1COC(C)(OC(=O)O)OC1)c1ccc(O)cc1. The van der Waals surface area contributed by atoms with Crippen LogP contribution in [0, 0.1) is 5.92 Å². The largest absolute Gasteiger partial charge is 0.510 e. The van der Waals surface area contributed by atoms with Crippen LogP contribution in [0.1, 0.15) is 38.7 Å². The molecule has 0 bridgehead atoms. The van der Waals surface area contributed by atoms with Crippen LogP contribution in [-0.4, -0.2) is 47.9 Å². The van der Waals surface area contributed by atoms with Crippen molar-refractivity contribution in [1.29, 1.82) is 0 Å². The summed E-state index contributed by atoms with van der Waals surface area (Å²) in [4.78, 5) is 15.9. The monoisotopic (exact) mass is 367 g/mol. The van der Waals surface area contributed by atoms with Crippen molar-refractivity contribution in [2.24, 2.45) is 11.1 Å². The van der Waals surface area contributed by atoms with Gasteiger partial charge in [-0.2, -0.15) is 0 Å². The van der Waals surface area contributed by atoms with Crippen molar-refractivity contribution in [2.75, 3.05) is 19.8 Å². The normalized spacial score (nSPS) is 23.5. The van der Waals surface area contributed by atoms with Crippen molar-refractivity contribution in [2.45, 2.75) is 39.1 Å². The topological polar surface area (TPSA) is 107 Å². The molecule has 1 aromatic rings. The summed E-state index contributed by atoms with van der Waals surface area (Å²) in [7, 11) is 0. The van der Waals surface area contributed by atoms with Crippen molar-refractivity contribution in [3.63, 3.8) is 0 Å². The van der Waals surface area contributed by atoms with Crippen LogP contribution in [-0.2, 0) is 19.0 Å². The lowest BCUT2D eigenvalue weighted by atomic mass is 10.0. The fourth-order valence-corrected chi connectivity index (χ4v) is 2.51. The summed E-state index contributed by atoms with van der Waals surface area (Å²) in [5.74, 6) is -1.10. The average Bonchev–Trinajstić information content (AvgIpc) is 2.59. The number of phenolic OH excluding ortho intramolecular Hbond substituents is 1. The number of carboxylic acid groups (broad SMARTS) is 1. The first-order valence-corrected chi connectivity index (χ1v) is 8.54. The van der Waals surface area contributed by atoms with E-state index in [9.17, 15) is 9.90 Å². The molecule has 0 spiro atoms. The number of unbranched alkanes of at least 4 members (excludes halogenated alkanes) is 1. The summed E-state index contributed by atoms with van der Waals surface area (Å²) < 4.78 is 15.3. The van der Waals surface area contributed by atoms with E-state index in [4.69, 9.17) is 19.4 Å².